The first-order chi connectivity index (χ1) is 13.6. The second-order valence-electron chi connectivity index (χ2n) is 6.60. The molecule has 0 aliphatic carbocycles. The number of nitrogens with two attached hydrogens (primary N) is 1. The Balaban J connectivity index is 0.00000784. The van der Waals surface area contributed by atoms with Crippen LogP contribution in [0.1, 0.15) is 50.6 Å². The molecule has 0 fully saturated rings. The van der Waals surface area contributed by atoms with E-state index < -0.39 is 5.97 Å². The van der Waals surface area contributed by atoms with Crippen molar-refractivity contribution >= 4 is 18.4 Å². The van der Waals surface area contributed by atoms with Crippen molar-refractivity contribution in [1.29, 1.82) is 0 Å². The average Bonchev–Trinajstić information content (AvgIpc) is 2.67. The van der Waals surface area contributed by atoms with Crippen LogP contribution in [0.25, 0.3) is 0 Å². The smallest absolute Gasteiger partial charge is 0.305 e. The Labute approximate surface area is 180 Å². The zero-order valence-corrected chi connectivity index (χ0v) is 18.2. The van der Waals surface area contributed by atoms with Gasteiger partial charge >= 0.3 is 5.97 Å². The normalized spacial score (nSPS) is 11.7. The maximum Gasteiger partial charge on any atom is 0.305 e. The monoisotopic (exact) mass is 433 g/mol. The van der Waals surface area contributed by atoms with Crippen molar-refractivity contribution in [3.63, 3.8) is 0 Å². The summed E-state index contributed by atoms with van der Waals surface area (Å²) in [7, 11) is 0. The summed E-state index contributed by atoms with van der Waals surface area (Å²) in [5.41, 5.74) is 6.97. The molecule has 0 bridgehead atoms. The molecule has 0 heterocycles. The van der Waals surface area contributed by atoms with E-state index in [1.807, 2.05) is 31.2 Å². The molecule has 3 N–H and O–H groups in total. The lowest BCUT2D eigenvalue weighted by Crippen LogP contribution is -2.11. The molecule has 1 atom stereocenters. The van der Waals surface area contributed by atoms with Gasteiger partial charge in [-0.3, -0.25) is 4.79 Å². The fourth-order valence-electron chi connectivity index (χ4n) is 2.44. The number of carboxylic acid groups (broad SMARTS) is 1. The molecular weight excluding hydrogens is 398 g/mol. The maximum atomic E-state index is 10.3. The summed E-state index contributed by atoms with van der Waals surface area (Å²) in [6.07, 6.45) is 4.30. The maximum absolute atomic E-state index is 10.3. The molecule has 1 aromatic rings. The second-order valence-corrected chi connectivity index (χ2v) is 6.60. The number of carbonyl (C=O) groups is 1. The van der Waals surface area contributed by atoms with Crippen LogP contribution >= 0.6 is 12.4 Å². The molecule has 0 aliphatic rings. The van der Waals surface area contributed by atoms with Gasteiger partial charge in [-0.1, -0.05) is 18.6 Å². The largest absolute Gasteiger partial charge is 0.494 e. The fraction of sp³-hybridized carbons (Fsp3) is 0.667. The number of hydrogen-bond donors (Lipinski definition) is 2. The third kappa shape index (κ3) is 16.1. The zero-order chi connectivity index (χ0) is 20.5. The van der Waals surface area contributed by atoms with E-state index >= 15 is 0 Å². The van der Waals surface area contributed by atoms with Gasteiger partial charge in [0.2, 0.25) is 0 Å². The summed E-state index contributed by atoms with van der Waals surface area (Å²) in [6.45, 7) is 5.58. The number of aliphatic carboxylic acids is 1. The third-order valence-corrected chi connectivity index (χ3v) is 4.04. The van der Waals surface area contributed by atoms with Gasteiger partial charge in [0.05, 0.1) is 46.1 Å². The molecular formula is C21H36ClNO6. The first-order valence-electron chi connectivity index (χ1n) is 10.0. The van der Waals surface area contributed by atoms with Gasteiger partial charge < -0.3 is 29.8 Å². The van der Waals surface area contributed by atoms with Crippen LogP contribution in [0.4, 0.5) is 0 Å². The first kappa shape index (κ1) is 27.6. The predicted octanol–water partition coefficient (Wildman–Crippen LogP) is 3.59. The van der Waals surface area contributed by atoms with Crippen molar-refractivity contribution in [2.24, 2.45) is 5.73 Å². The molecule has 0 saturated heterocycles. The van der Waals surface area contributed by atoms with Crippen molar-refractivity contribution in [3.05, 3.63) is 29.8 Å². The minimum Gasteiger partial charge on any atom is -0.494 e. The van der Waals surface area contributed by atoms with E-state index in [1.165, 1.54) is 0 Å². The van der Waals surface area contributed by atoms with Gasteiger partial charge in [-0.05, 0) is 43.9 Å². The minimum atomic E-state index is -0.853. The Kier molecular flexibility index (Phi) is 17.7. The number of rotatable bonds is 18. The summed E-state index contributed by atoms with van der Waals surface area (Å²) >= 11 is 0. The number of ether oxygens (including phenoxy) is 4. The number of halogens is 1. The first-order valence-corrected chi connectivity index (χ1v) is 10.0. The Morgan fingerprint density at radius 3 is 2.14 bits per heavy atom. The molecule has 1 rings (SSSR count). The Morgan fingerprint density at radius 2 is 1.52 bits per heavy atom. The third-order valence-electron chi connectivity index (χ3n) is 4.04. The van der Waals surface area contributed by atoms with E-state index in [0.717, 1.165) is 43.6 Å². The van der Waals surface area contributed by atoms with Crippen LogP contribution in [0.3, 0.4) is 0 Å². The van der Waals surface area contributed by atoms with Gasteiger partial charge in [0.25, 0.3) is 0 Å². The lowest BCUT2D eigenvalue weighted by molar-refractivity contribution is -0.138. The SMILES string of the molecule is C[C@@H](N)c1cccc(OCCCCCCOCCOCCOCCC(=O)O)c1.Cl. The number of carboxylic acids is 1. The van der Waals surface area contributed by atoms with E-state index in [2.05, 4.69) is 0 Å². The minimum absolute atomic E-state index is 0. The van der Waals surface area contributed by atoms with Gasteiger partial charge in [-0.2, -0.15) is 0 Å². The number of benzene rings is 1. The molecule has 8 heteroatoms. The number of unbranched alkanes of at least 4 members (excludes halogenated alkanes) is 3. The molecule has 0 aliphatic heterocycles. The van der Waals surface area contributed by atoms with Crippen LogP contribution in [0.2, 0.25) is 0 Å². The van der Waals surface area contributed by atoms with Crippen LogP contribution < -0.4 is 10.5 Å². The molecule has 0 spiro atoms. The van der Waals surface area contributed by atoms with Crippen molar-refractivity contribution in [3.8, 4) is 5.75 Å². The Hall–Kier alpha value is -1.38. The molecule has 0 amide bonds. The summed E-state index contributed by atoms with van der Waals surface area (Å²) in [4.78, 5) is 10.3. The molecule has 0 radical (unpaired) electrons. The average molecular weight is 434 g/mol. The van der Waals surface area contributed by atoms with Gasteiger partial charge in [0, 0.05) is 12.6 Å². The summed E-state index contributed by atoms with van der Waals surface area (Å²) in [5.74, 6) is 0.0271. The molecule has 29 heavy (non-hydrogen) atoms. The summed E-state index contributed by atoms with van der Waals surface area (Å²) in [6, 6.07) is 7.97. The highest BCUT2D eigenvalue weighted by atomic mass is 35.5. The summed E-state index contributed by atoms with van der Waals surface area (Å²) in [5, 5.41) is 8.45. The summed E-state index contributed by atoms with van der Waals surface area (Å²) < 4.78 is 21.8. The standard InChI is InChI=1S/C21H35NO6.ClH/c1-18(22)19-7-6-8-20(17-19)28-11-5-3-2-4-10-25-13-15-27-16-14-26-12-9-21(23)24;/h6-8,17-18H,2-5,9-16,22H2,1H3,(H,23,24);1H/t18-;/m1./s1. The topological polar surface area (TPSA) is 100 Å². The van der Waals surface area contributed by atoms with Crippen LogP contribution in [-0.2, 0) is 19.0 Å². The molecule has 0 aromatic heterocycles. The van der Waals surface area contributed by atoms with Crippen molar-refractivity contribution < 1.29 is 28.8 Å². The number of hydrogen-bond acceptors (Lipinski definition) is 6. The lowest BCUT2D eigenvalue weighted by Gasteiger charge is -2.10. The van der Waals surface area contributed by atoms with Crippen LogP contribution in [0, 0.1) is 0 Å². The van der Waals surface area contributed by atoms with Crippen LogP contribution in [0.15, 0.2) is 24.3 Å². The van der Waals surface area contributed by atoms with Gasteiger partial charge in [-0.15, -0.1) is 12.4 Å². The highest BCUT2D eigenvalue weighted by Gasteiger charge is 2.01. The highest BCUT2D eigenvalue weighted by Crippen LogP contribution is 2.17. The fourth-order valence-corrected chi connectivity index (χ4v) is 2.44. The van der Waals surface area contributed by atoms with E-state index in [4.69, 9.17) is 29.8 Å². The van der Waals surface area contributed by atoms with Crippen molar-refractivity contribution in [2.45, 2.75) is 45.1 Å². The molecule has 0 saturated carbocycles. The Bertz CT molecular complexity index is 530. The van der Waals surface area contributed by atoms with E-state index in [-0.39, 0.29) is 31.5 Å². The molecule has 168 valence electrons. The predicted molar refractivity (Wildman–Crippen MR) is 115 cm³/mol. The van der Waals surface area contributed by atoms with E-state index in [1.54, 1.807) is 0 Å². The van der Waals surface area contributed by atoms with Crippen molar-refractivity contribution in [1.82, 2.24) is 0 Å². The Morgan fingerprint density at radius 1 is 0.931 bits per heavy atom. The zero-order valence-electron chi connectivity index (χ0n) is 17.3. The van der Waals surface area contributed by atoms with Gasteiger partial charge in [0.15, 0.2) is 0 Å². The lowest BCUT2D eigenvalue weighted by atomic mass is 10.1. The molecule has 0 unspecified atom stereocenters. The quantitative estimate of drug-likeness (QED) is 0.341. The van der Waals surface area contributed by atoms with E-state index in [9.17, 15) is 4.79 Å². The van der Waals surface area contributed by atoms with Gasteiger partial charge in [0.1, 0.15) is 5.75 Å². The molecule has 7 nitrogen and oxygen atoms in total. The van der Waals surface area contributed by atoms with E-state index in [0.29, 0.717) is 33.0 Å². The van der Waals surface area contributed by atoms with Crippen LogP contribution in [0.5, 0.6) is 5.75 Å². The highest BCUT2D eigenvalue weighted by molar-refractivity contribution is 5.85. The molecule has 1 aromatic carbocycles. The van der Waals surface area contributed by atoms with Crippen molar-refractivity contribution in [2.75, 3.05) is 46.2 Å². The second kappa shape index (κ2) is 18.6. The van der Waals surface area contributed by atoms with Crippen LogP contribution in [-0.4, -0.2) is 57.3 Å². The van der Waals surface area contributed by atoms with Gasteiger partial charge in [-0.25, -0.2) is 0 Å².